The minimum atomic E-state index is -0.518. The molecule has 0 bridgehead atoms. The van der Waals surface area contributed by atoms with Gasteiger partial charge in [0, 0.05) is 12.7 Å². The third-order valence-corrected chi connectivity index (χ3v) is 3.49. The molecule has 1 unspecified atom stereocenters. The van der Waals surface area contributed by atoms with Gasteiger partial charge in [-0.2, -0.15) is 0 Å². The van der Waals surface area contributed by atoms with E-state index in [1.165, 1.54) is 0 Å². The molecular formula is C14H17BrO5. The lowest BCUT2D eigenvalue weighted by Crippen LogP contribution is -2.35. The molecule has 1 fully saturated rings. The maximum atomic E-state index is 12.2. The van der Waals surface area contributed by atoms with Crippen LogP contribution >= 0.6 is 15.9 Å². The summed E-state index contributed by atoms with van der Waals surface area (Å²) in [6, 6.07) is 5.23. The molecule has 1 aromatic carbocycles. The fraction of sp³-hybridized carbons (Fsp3) is 0.500. The quantitative estimate of drug-likeness (QED) is 0.584. The average molecular weight is 345 g/mol. The second-order valence-corrected chi connectivity index (χ2v) is 5.14. The van der Waals surface area contributed by atoms with Crippen molar-refractivity contribution in [3.05, 3.63) is 28.2 Å². The molecule has 0 spiro atoms. The van der Waals surface area contributed by atoms with Gasteiger partial charge in [0.25, 0.3) is 0 Å². The van der Waals surface area contributed by atoms with Gasteiger partial charge < -0.3 is 18.9 Å². The Morgan fingerprint density at radius 3 is 2.90 bits per heavy atom. The first-order valence-corrected chi connectivity index (χ1v) is 7.16. The third-order valence-electron chi connectivity index (χ3n) is 2.87. The summed E-state index contributed by atoms with van der Waals surface area (Å²) in [5, 5.41) is 0. The first-order valence-electron chi connectivity index (χ1n) is 6.37. The Kier molecular flexibility index (Phi) is 5.97. The van der Waals surface area contributed by atoms with Gasteiger partial charge >= 0.3 is 0 Å². The van der Waals surface area contributed by atoms with Crippen molar-refractivity contribution in [1.82, 2.24) is 0 Å². The maximum absolute atomic E-state index is 12.2. The summed E-state index contributed by atoms with van der Waals surface area (Å²) >= 11 is 3.40. The van der Waals surface area contributed by atoms with E-state index in [1.807, 2.05) is 0 Å². The molecule has 0 saturated carbocycles. The number of benzene rings is 1. The van der Waals surface area contributed by atoms with E-state index in [-0.39, 0.29) is 5.78 Å². The van der Waals surface area contributed by atoms with Gasteiger partial charge in [-0.25, -0.2) is 0 Å². The number of carbonyl (C=O) groups is 1. The zero-order chi connectivity index (χ0) is 14.4. The summed E-state index contributed by atoms with van der Waals surface area (Å²) in [5.41, 5.74) is 0.575. The molecule has 2 rings (SSSR count). The fourth-order valence-corrected chi connectivity index (χ4v) is 2.32. The summed E-state index contributed by atoms with van der Waals surface area (Å²) in [6.07, 6.45) is -0.518. The van der Waals surface area contributed by atoms with Gasteiger partial charge in [-0.3, -0.25) is 4.79 Å². The Balaban J connectivity index is 2.02. The summed E-state index contributed by atoms with van der Waals surface area (Å²) in [4.78, 5) is 12.2. The van der Waals surface area contributed by atoms with Crippen molar-refractivity contribution in [2.75, 3.05) is 40.1 Å². The lowest BCUT2D eigenvalue weighted by atomic mass is 10.1. The number of ether oxygens (including phenoxy) is 4. The van der Waals surface area contributed by atoms with Gasteiger partial charge in [0.05, 0.1) is 30.9 Å². The van der Waals surface area contributed by atoms with E-state index < -0.39 is 6.10 Å². The Hall–Kier alpha value is -0.950. The number of rotatable bonds is 6. The van der Waals surface area contributed by atoms with Crippen molar-refractivity contribution in [3.63, 3.8) is 0 Å². The minimum Gasteiger partial charge on any atom is -0.490 e. The van der Waals surface area contributed by atoms with Crippen molar-refractivity contribution in [2.24, 2.45) is 0 Å². The van der Waals surface area contributed by atoms with Gasteiger partial charge in [0.2, 0.25) is 0 Å². The number of halogens is 1. The van der Waals surface area contributed by atoms with Crippen LogP contribution in [0, 0.1) is 0 Å². The molecule has 0 amide bonds. The van der Waals surface area contributed by atoms with E-state index in [1.54, 1.807) is 25.3 Å². The molecule has 1 aromatic rings. The Morgan fingerprint density at radius 2 is 2.25 bits per heavy atom. The van der Waals surface area contributed by atoms with E-state index in [0.29, 0.717) is 44.3 Å². The summed E-state index contributed by atoms with van der Waals surface area (Å²) in [7, 11) is 1.62. The van der Waals surface area contributed by atoms with E-state index in [2.05, 4.69) is 15.9 Å². The van der Waals surface area contributed by atoms with Crippen LogP contribution in [0.2, 0.25) is 0 Å². The second kappa shape index (κ2) is 7.73. The minimum absolute atomic E-state index is 0.0751. The highest BCUT2D eigenvalue weighted by molar-refractivity contribution is 9.10. The SMILES string of the molecule is COCCOc1ccc(C(=O)C2COCCO2)cc1Br. The highest BCUT2D eigenvalue weighted by atomic mass is 79.9. The van der Waals surface area contributed by atoms with Gasteiger partial charge in [-0.15, -0.1) is 0 Å². The van der Waals surface area contributed by atoms with Crippen LogP contribution in [0.5, 0.6) is 5.75 Å². The zero-order valence-corrected chi connectivity index (χ0v) is 12.9. The van der Waals surface area contributed by atoms with Crippen LogP contribution in [0.15, 0.2) is 22.7 Å². The van der Waals surface area contributed by atoms with E-state index in [4.69, 9.17) is 18.9 Å². The average Bonchev–Trinajstić information content (AvgIpc) is 2.49. The van der Waals surface area contributed by atoms with Crippen molar-refractivity contribution < 1.29 is 23.7 Å². The predicted octanol–water partition coefficient (Wildman–Crippen LogP) is 2.07. The molecule has 0 aliphatic carbocycles. The molecule has 0 radical (unpaired) electrons. The molecule has 5 nitrogen and oxygen atoms in total. The Morgan fingerprint density at radius 1 is 1.40 bits per heavy atom. The lowest BCUT2D eigenvalue weighted by molar-refractivity contribution is -0.0719. The molecule has 0 aromatic heterocycles. The highest BCUT2D eigenvalue weighted by Gasteiger charge is 2.24. The molecule has 1 aliphatic heterocycles. The summed E-state index contributed by atoms with van der Waals surface area (Å²) < 4.78 is 21.8. The smallest absolute Gasteiger partial charge is 0.193 e. The standard InChI is InChI=1S/C14H17BrO5/c1-17-4-6-19-12-3-2-10(8-11(12)15)14(16)13-9-18-5-7-20-13/h2-3,8,13H,4-7,9H2,1H3. The van der Waals surface area contributed by atoms with Crippen molar-refractivity contribution in [2.45, 2.75) is 6.10 Å². The number of hydrogen-bond acceptors (Lipinski definition) is 5. The van der Waals surface area contributed by atoms with Crippen LogP contribution in [0.3, 0.4) is 0 Å². The van der Waals surface area contributed by atoms with Crippen LogP contribution in [0.1, 0.15) is 10.4 Å². The molecule has 110 valence electrons. The number of Topliss-reactive ketones (excluding diaryl/α,β-unsaturated/α-hetero) is 1. The maximum Gasteiger partial charge on any atom is 0.193 e. The van der Waals surface area contributed by atoms with Crippen LogP contribution in [-0.4, -0.2) is 52.0 Å². The summed E-state index contributed by atoms with van der Waals surface area (Å²) in [6.45, 7) is 2.28. The van der Waals surface area contributed by atoms with Crippen LogP contribution in [-0.2, 0) is 14.2 Å². The number of hydrogen-bond donors (Lipinski definition) is 0. The molecule has 6 heteroatoms. The van der Waals surface area contributed by atoms with Crippen LogP contribution in [0.4, 0.5) is 0 Å². The van der Waals surface area contributed by atoms with Gasteiger partial charge in [-0.05, 0) is 34.1 Å². The second-order valence-electron chi connectivity index (χ2n) is 4.29. The van der Waals surface area contributed by atoms with Crippen molar-refractivity contribution in [1.29, 1.82) is 0 Å². The highest BCUT2D eigenvalue weighted by Crippen LogP contribution is 2.27. The van der Waals surface area contributed by atoms with Gasteiger partial charge in [-0.1, -0.05) is 0 Å². The number of methoxy groups -OCH3 is 1. The van der Waals surface area contributed by atoms with E-state index in [0.717, 1.165) is 4.47 Å². The number of carbonyl (C=O) groups excluding carboxylic acids is 1. The molecule has 20 heavy (non-hydrogen) atoms. The fourth-order valence-electron chi connectivity index (χ4n) is 1.83. The monoisotopic (exact) mass is 344 g/mol. The van der Waals surface area contributed by atoms with Gasteiger partial charge in [0.15, 0.2) is 5.78 Å². The normalized spacial score (nSPS) is 18.8. The first-order chi connectivity index (χ1) is 9.72. The Bertz CT molecular complexity index is 457. The zero-order valence-electron chi connectivity index (χ0n) is 11.3. The molecule has 1 atom stereocenters. The Labute approximate surface area is 126 Å². The lowest BCUT2D eigenvalue weighted by Gasteiger charge is -2.22. The van der Waals surface area contributed by atoms with Crippen molar-refractivity contribution >= 4 is 21.7 Å². The topological polar surface area (TPSA) is 54.0 Å². The van der Waals surface area contributed by atoms with Crippen LogP contribution in [0.25, 0.3) is 0 Å². The van der Waals surface area contributed by atoms with E-state index >= 15 is 0 Å². The molecule has 1 aliphatic rings. The van der Waals surface area contributed by atoms with Crippen molar-refractivity contribution in [3.8, 4) is 5.75 Å². The summed E-state index contributed by atoms with van der Waals surface area (Å²) in [5.74, 6) is 0.605. The number of ketones is 1. The first kappa shape index (κ1) is 15.4. The third kappa shape index (κ3) is 4.02. The predicted molar refractivity (Wildman–Crippen MR) is 76.4 cm³/mol. The van der Waals surface area contributed by atoms with E-state index in [9.17, 15) is 4.79 Å². The van der Waals surface area contributed by atoms with Gasteiger partial charge in [0.1, 0.15) is 18.5 Å². The molecular weight excluding hydrogens is 328 g/mol. The molecule has 0 N–H and O–H groups in total. The molecule has 1 heterocycles. The largest absolute Gasteiger partial charge is 0.490 e. The van der Waals surface area contributed by atoms with Crippen LogP contribution < -0.4 is 4.74 Å². The molecule has 1 saturated heterocycles.